The number of likely N-dealkylation sites (tertiary alicyclic amines) is 1. The average Bonchev–Trinajstić information content (AvgIpc) is 2.77. The fourth-order valence-electron chi connectivity index (χ4n) is 2.37. The molecule has 0 spiro atoms. The topological polar surface area (TPSA) is 32.3 Å². The van der Waals surface area contributed by atoms with Crippen LogP contribution in [0.4, 0.5) is 4.39 Å². The lowest BCUT2D eigenvalue weighted by Crippen LogP contribution is -2.31. The minimum Gasteiger partial charge on any atom is -0.355 e. The summed E-state index contributed by atoms with van der Waals surface area (Å²) < 4.78 is 14.3. The van der Waals surface area contributed by atoms with Gasteiger partial charge in [0.05, 0.1) is 6.42 Å². The van der Waals surface area contributed by atoms with Gasteiger partial charge in [0.15, 0.2) is 0 Å². The predicted octanol–water partition coefficient (Wildman–Crippen LogP) is 2.20. The lowest BCUT2D eigenvalue weighted by Gasteiger charge is -2.12. The summed E-state index contributed by atoms with van der Waals surface area (Å²) in [6.07, 6.45) is 1.20. The van der Waals surface area contributed by atoms with Gasteiger partial charge in [-0.15, -0.1) is 0 Å². The first-order valence-electron chi connectivity index (χ1n) is 6.44. The van der Waals surface area contributed by atoms with Crippen LogP contribution in [-0.4, -0.2) is 37.5 Å². The Morgan fingerprint density at radius 1 is 1.58 bits per heavy atom. The van der Waals surface area contributed by atoms with Gasteiger partial charge in [0.2, 0.25) is 5.91 Å². The van der Waals surface area contributed by atoms with Crippen LogP contribution < -0.4 is 5.32 Å². The highest BCUT2D eigenvalue weighted by Gasteiger charge is 2.20. The van der Waals surface area contributed by atoms with Crippen molar-refractivity contribution in [1.82, 2.24) is 10.2 Å². The zero-order valence-corrected chi connectivity index (χ0v) is 12.5. The van der Waals surface area contributed by atoms with Gasteiger partial charge >= 0.3 is 0 Å². The smallest absolute Gasteiger partial charge is 0.224 e. The molecule has 1 saturated heterocycles. The number of carbonyl (C=O) groups is 1. The molecule has 0 aliphatic carbocycles. The van der Waals surface area contributed by atoms with Crippen LogP contribution in [0.15, 0.2) is 22.7 Å². The van der Waals surface area contributed by atoms with Crippen molar-refractivity contribution in [2.75, 3.05) is 26.7 Å². The van der Waals surface area contributed by atoms with Gasteiger partial charge in [0, 0.05) is 17.6 Å². The van der Waals surface area contributed by atoms with Gasteiger partial charge in [-0.2, -0.15) is 0 Å². The van der Waals surface area contributed by atoms with E-state index in [0.29, 0.717) is 18.0 Å². The zero-order valence-electron chi connectivity index (χ0n) is 11.0. The average molecular weight is 329 g/mol. The Morgan fingerprint density at radius 3 is 3.05 bits per heavy atom. The normalized spacial score (nSPS) is 19.6. The fourth-order valence-corrected chi connectivity index (χ4v) is 2.77. The van der Waals surface area contributed by atoms with E-state index in [-0.39, 0.29) is 18.1 Å². The van der Waals surface area contributed by atoms with Crippen LogP contribution in [0.3, 0.4) is 0 Å². The van der Waals surface area contributed by atoms with Crippen molar-refractivity contribution in [1.29, 1.82) is 0 Å². The standard InChI is InChI=1S/C14H18BrFN2O/c1-18-5-4-10(9-18)8-17-14(19)7-11-6-12(15)2-3-13(11)16/h2-3,6,10H,4-5,7-9H2,1H3,(H,17,19)/t10-/m1/s1. The van der Waals surface area contributed by atoms with Crippen LogP contribution in [0.2, 0.25) is 0 Å². The lowest BCUT2D eigenvalue weighted by atomic mass is 10.1. The number of nitrogens with zero attached hydrogens (tertiary/aromatic N) is 1. The molecule has 2 rings (SSSR count). The summed E-state index contributed by atoms with van der Waals surface area (Å²) in [5.74, 6) is 0.0619. The van der Waals surface area contributed by atoms with Gasteiger partial charge in [0.25, 0.3) is 0 Å². The number of hydrogen-bond acceptors (Lipinski definition) is 2. The summed E-state index contributed by atoms with van der Waals surface area (Å²) in [5.41, 5.74) is 0.426. The largest absolute Gasteiger partial charge is 0.355 e. The van der Waals surface area contributed by atoms with Crippen molar-refractivity contribution in [2.45, 2.75) is 12.8 Å². The molecule has 1 atom stereocenters. The number of benzene rings is 1. The Morgan fingerprint density at radius 2 is 2.37 bits per heavy atom. The number of carbonyl (C=O) groups excluding carboxylic acids is 1. The molecule has 3 nitrogen and oxygen atoms in total. The Bertz CT molecular complexity index is 467. The van der Waals surface area contributed by atoms with Gasteiger partial charge in [-0.25, -0.2) is 4.39 Å². The van der Waals surface area contributed by atoms with Crippen molar-refractivity contribution in [2.24, 2.45) is 5.92 Å². The highest BCUT2D eigenvalue weighted by atomic mass is 79.9. The molecule has 1 aromatic rings. The molecular weight excluding hydrogens is 311 g/mol. The van der Waals surface area contributed by atoms with Crippen LogP contribution in [-0.2, 0) is 11.2 Å². The van der Waals surface area contributed by atoms with E-state index in [1.54, 1.807) is 12.1 Å². The molecule has 0 saturated carbocycles. The van der Waals surface area contributed by atoms with E-state index in [9.17, 15) is 9.18 Å². The molecule has 1 fully saturated rings. The third-order valence-corrected chi connectivity index (χ3v) is 3.93. The number of halogens is 2. The highest BCUT2D eigenvalue weighted by Crippen LogP contribution is 2.16. The van der Waals surface area contributed by atoms with Gasteiger partial charge < -0.3 is 10.2 Å². The number of rotatable bonds is 4. The van der Waals surface area contributed by atoms with E-state index in [4.69, 9.17) is 0 Å². The van der Waals surface area contributed by atoms with E-state index in [1.165, 1.54) is 6.07 Å². The summed E-state index contributed by atoms with van der Waals surface area (Å²) in [5, 5.41) is 2.89. The summed E-state index contributed by atoms with van der Waals surface area (Å²) in [4.78, 5) is 14.1. The van der Waals surface area contributed by atoms with Crippen molar-refractivity contribution in [3.8, 4) is 0 Å². The third-order valence-electron chi connectivity index (χ3n) is 3.44. The van der Waals surface area contributed by atoms with Crippen LogP contribution in [0, 0.1) is 11.7 Å². The molecule has 0 aromatic heterocycles. The number of nitrogens with one attached hydrogen (secondary N) is 1. The molecule has 0 radical (unpaired) electrons. The first-order valence-corrected chi connectivity index (χ1v) is 7.23. The maximum atomic E-state index is 13.5. The second kappa shape index (κ2) is 6.48. The first-order chi connectivity index (χ1) is 9.04. The fraction of sp³-hybridized carbons (Fsp3) is 0.500. The highest BCUT2D eigenvalue weighted by molar-refractivity contribution is 9.10. The summed E-state index contributed by atoms with van der Waals surface area (Å²) in [6.45, 7) is 2.78. The maximum absolute atomic E-state index is 13.5. The van der Waals surface area contributed by atoms with E-state index in [1.807, 2.05) is 0 Å². The minimum atomic E-state index is -0.334. The molecule has 19 heavy (non-hydrogen) atoms. The van der Waals surface area contributed by atoms with Gasteiger partial charge in [0.1, 0.15) is 5.82 Å². The molecule has 1 heterocycles. The summed E-state index contributed by atoms with van der Waals surface area (Å²) in [7, 11) is 2.08. The zero-order chi connectivity index (χ0) is 13.8. The second-order valence-corrected chi connectivity index (χ2v) is 6.05. The molecule has 1 amide bonds. The van der Waals surface area contributed by atoms with Crippen molar-refractivity contribution in [3.63, 3.8) is 0 Å². The van der Waals surface area contributed by atoms with Crippen molar-refractivity contribution in [3.05, 3.63) is 34.1 Å². The van der Waals surface area contributed by atoms with Crippen LogP contribution in [0.25, 0.3) is 0 Å². The quantitative estimate of drug-likeness (QED) is 0.919. The van der Waals surface area contributed by atoms with E-state index in [0.717, 1.165) is 24.0 Å². The maximum Gasteiger partial charge on any atom is 0.224 e. The van der Waals surface area contributed by atoms with Crippen LogP contribution in [0.5, 0.6) is 0 Å². The molecular formula is C14H18BrFN2O. The predicted molar refractivity (Wildman–Crippen MR) is 76.4 cm³/mol. The summed E-state index contributed by atoms with van der Waals surface area (Å²) >= 11 is 3.28. The third kappa shape index (κ3) is 4.28. The number of amides is 1. The lowest BCUT2D eigenvalue weighted by molar-refractivity contribution is -0.120. The van der Waals surface area contributed by atoms with E-state index >= 15 is 0 Å². The first kappa shape index (κ1) is 14.5. The molecule has 0 unspecified atom stereocenters. The Balaban J connectivity index is 1.82. The molecule has 1 N–H and O–H groups in total. The van der Waals surface area contributed by atoms with E-state index in [2.05, 4.69) is 33.2 Å². The monoisotopic (exact) mass is 328 g/mol. The van der Waals surface area contributed by atoms with E-state index < -0.39 is 0 Å². The van der Waals surface area contributed by atoms with Gasteiger partial charge in [-0.3, -0.25) is 4.79 Å². The second-order valence-electron chi connectivity index (χ2n) is 5.13. The SMILES string of the molecule is CN1CC[C@H](CNC(=O)Cc2cc(Br)ccc2F)C1. The van der Waals surface area contributed by atoms with Crippen LogP contribution >= 0.6 is 15.9 Å². The Hall–Kier alpha value is -0.940. The molecule has 0 bridgehead atoms. The number of hydrogen-bond donors (Lipinski definition) is 1. The molecule has 1 aromatic carbocycles. The van der Waals surface area contributed by atoms with Gasteiger partial charge in [-0.05, 0) is 49.7 Å². The molecule has 1 aliphatic heterocycles. The molecule has 1 aliphatic rings. The Labute approximate surface area is 121 Å². The van der Waals surface area contributed by atoms with Crippen molar-refractivity contribution < 1.29 is 9.18 Å². The molecule has 104 valence electrons. The minimum absolute atomic E-state index is 0.0911. The molecule has 5 heteroatoms. The van der Waals surface area contributed by atoms with Crippen molar-refractivity contribution >= 4 is 21.8 Å². The summed E-state index contributed by atoms with van der Waals surface area (Å²) in [6, 6.07) is 4.65. The Kier molecular flexibility index (Phi) is 4.93. The van der Waals surface area contributed by atoms with Crippen LogP contribution in [0.1, 0.15) is 12.0 Å². The van der Waals surface area contributed by atoms with Gasteiger partial charge in [-0.1, -0.05) is 15.9 Å².